The van der Waals surface area contributed by atoms with E-state index in [0.29, 0.717) is 41.0 Å². The first-order valence-corrected chi connectivity index (χ1v) is 11.6. The molecule has 35 heavy (non-hydrogen) atoms. The Kier molecular flexibility index (Phi) is 6.17. The number of carbonyl (C=O) groups is 2. The summed E-state index contributed by atoms with van der Waals surface area (Å²) in [7, 11) is 0. The number of piperazine rings is 1. The number of amides is 2. The van der Waals surface area contributed by atoms with E-state index in [1.807, 2.05) is 12.1 Å². The van der Waals surface area contributed by atoms with E-state index in [1.165, 1.54) is 15.6 Å². The molecule has 3 aromatic rings. The number of carbonyl (C=O) groups excluding carboxylic acids is 2. The zero-order valence-corrected chi connectivity index (χ0v) is 19.8. The Bertz CT molecular complexity index is 1350. The average molecular weight is 495 g/mol. The standard InChI is InChI=1S/C25H23ClN4O5/c1-16-14-19(31)23(27-30(16)18-7-3-2-6-17(18)26)25(33)29-12-10-28(11-13-29)24(32)22-15-34-20-8-4-5-9-21(20)35-22/h2-9,14,22H,10-13,15H2,1H3. The minimum absolute atomic E-state index is 0.129. The van der Waals surface area contributed by atoms with Gasteiger partial charge in [0.05, 0.1) is 10.7 Å². The quantitative estimate of drug-likeness (QED) is 0.554. The van der Waals surface area contributed by atoms with E-state index in [2.05, 4.69) is 5.10 Å². The van der Waals surface area contributed by atoms with E-state index < -0.39 is 17.4 Å². The molecule has 1 fully saturated rings. The molecule has 0 spiro atoms. The molecule has 0 radical (unpaired) electrons. The molecule has 1 aromatic heterocycles. The van der Waals surface area contributed by atoms with E-state index in [4.69, 9.17) is 21.1 Å². The lowest BCUT2D eigenvalue weighted by Crippen LogP contribution is -2.55. The minimum Gasteiger partial charge on any atom is -0.485 e. The Morgan fingerprint density at radius 2 is 1.63 bits per heavy atom. The van der Waals surface area contributed by atoms with Gasteiger partial charge in [-0.15, -0.1) is 0 Å². The molecule has 3 heterocycles. The lowest BCUT2D eigenvalue weighted by atomic mass is 10.2. The molecule has 2 aliphatic heterocycles. The number of aromatic nitrogens is 2. The van der Waals surface area contributed by atoms with Crippen LogP contribution in [0.1, 0.15) is 16.2 Å². The number of halogens is 1. The molecule has 2 aromatic carbocycles. The number of fused-ring (bicyclic) bond motifs is 1. The Balaban J connectivity index is 1.27. The largest absolute Gasteiger partial charge is 0.485 e. The predicted molar refractivity (Wildman–Crippen MR) is 128 cm³/mol. The van der Waals surface area contributed by atoms with Crippen LogP contribution in [0.15, 0.2) is 59.4 Å². The maximum atomic E-state index is 13.2. The van der Waals surface area contributed by atoms with Crippen LogP contribution >= 0.6 is 11.6 Å². The normalized spacial score (nSPS) is 17.3. The molecule has 1 atom stereocenters. The molecule has 5 rings (SSSR count). The van der Waals surface area contributed by atoms with Crippen LogP contribution in [0.25, 0.3) is 5.69 Å². The third kappa shape index (κ3) is 4.46. The maximum absolute atomic E-state index is 13.2. The summed E-state index contributed by atoms with van der Waals surface area (Å²) in [6.45, 7) is 3.04. The summed E-state index contributed by atoms with van der Waals surface area (Å²) in [6.07, 6.45) is -0.742. The molecule has 0 saturated carbocycles. The number of ether oxygens (including phenoxy) is 2. The second kappa shape index (κ2) is 9.42. The van der Waals surface area contributed by atoms with Crippen LogP contribution in [0.4, 0.5) is 0 Å². The fourth-order valence-corrected chi connectivity index (χ4v) is 4.40. The van der Waals surface area contributed by atoms with Crippen molar-refractivity contribution in [1.29, 1.82) is 0 Å². The van der Waals surface area contributed by atoms with Gasteiger partial charge in [-0.1, -0.05) is 35.9 Å². The molecule has 9 nitrogen and oxygen atoms in total. The first-order valence-electron chi connectivity index (χ1n) is 11.2. The maximum Gasteiger partial charge on any atom is 0.278 e. The van der Waals surface area contributed by atoms with Gasteiger partial charge < -0.3 is 19.3 Å². The van der Waals surface area contributed by atoms with Crippen LogP contribution in [0.5, 0.6) is 11.5 Å². The van der Waals surface area contributed by atoms with Crippen LogP contribution in [0, 0.1) is 6.92 Å². The van der Waals surface area contributed by atoms with Gasteiger partial charge in [-0.25, -0.2) is 4.68 Å². The van der Waals surface area contributed by atoms with Crippen LogP contribution in [0.3, 0.4) is 0 Å². The van der Waals surface area contributed by atoms with Crippen LogP contribution in [-0.4, -0.2) is 70.3 Å². The highest BCUT2D eigenvalue weighted by atomic mass is 35.5. The number of benzene rings is 2. The van der Waals surface area contributed by atoms with Crippen molar-refractivity contribution >= 4 is 23.4 Å². The highest BCUT2D eigenvalue weighted by molar-refractivity contribution is 6.32. The van der Waals surface area contributed by atoms with E-state index in [-0.39, 0.29) is 31.3 Å². The lowest BCUT2D eigenvalue weighted by Gasteiger charge is -2.37. The summed E-state index contributed by atoms with van der Waals surface area (Å²) in [6, 6.07) is 15.7. The number of nitrogens with zero attached hydrogens (tertiary/aromatic N) is 4. The summed E-state index contributed by atoms with van der Waals surface area (Å²) in [5.74, 6) is 0.474. The van der Waals surface area contributed by atoms with Crippen molar-refractivity contribution < 1.29 is 19.1 Å². The summed E-state index contributed by atoms with van der Waals surface area (Å²) >= 11 is 6.30. The van der Waals surface area contributed by atoms with Crippen molar-refractivity contribution in [3.05, 3.63) is 81.2 Å². The van der Waals surface area contributed by atoms with Crippen molar-refractivity contribution in [2.45, 2.75) is 13.0 Å². The van der Waals surface area contributed by atoms with E-state index in [0.717, 1.165) is 0 Å². The number of para-hydroxylation sites is 3. The van der Waals surface area contributed by atoms with Crippen LogP contribution in [-0.2, 0) is 4.79 Å². The zero-order chi connectivity index (χ0) is 24.5. The molecule has 180 valence electrons. The van der Waals surface area contributed by atoms with E-state index in [1.54, 1.807) is 48.2 Å². The monoisotopic (exact) mass is 494 g/mol. The van der Waals surface area contributed by atoms with Crippen molar-refractivity contribution in [1.82, 2.24) is 19.6 Å². The topological polar surface area (TPSA) is 94.0 Å². The smallest absolute Gasteiger partial charge is 0.278 e. The molecular weight excluding hydrogens is 472 g/mol. The predicted octanol–water partition coefficient (Wildman–Crippen LogP) is 2.32. The Morgan fingerprint density at radius 1 is 0.971 bits per heavy atom. The summed E-state index contributed by atoms with van der Waals surface area (Å²) in [5, 5.41) is 4.79. The SMILES string of the molecule is Cc1cc(=O)c(C(=O)N2CCN(C(=O)C3COc4ccccc4O3)CC2)nn1-c1ccccc1Cl. The van der Waals surface area contributed by atoms with E-state index >= 15 is 0 Å². The van der Waals surface area contributed by atoms with Crippen LogP contribution < -0.4 is 14.9 Å². The number of rotatable bonds is 3. The van der Waals surface area contributed by atoms with Crippen molar-refractivity contribution in [2.75, 3.05) is 32.8 Å². The number of hydrogen-bond donors (Lipinski definition) is 0. The molecule has 0 N–H and O–H groups in total. The van der Waals surface area contributed by atoms with Gasteiger partial charge in [-0.2, -0.15) is 5.10 Å². The fourth-order valence-electron chi connectivity index (χ4n) is 4.19. The zero-order valence-electron chi connectivity index (χ0n) is 19.0. The van der Waals surface area contributed by atoms with Crippen molar-refractivity contribution in [3.8, 4) is 17.2 Å². The van der Waals surface area contributed by atoms with E-state index in [9.17, 15) is 14.4 Å². The molecule has 0 bridgehead atoms. The molecule has 2 aliphatic rings. The Morgan fingerprint density at radius 3 is 2.37 bits per heavy atom. The van der Waals surface area contributed by atoms with Gasteiger partial charge in [0.25, 0.3) is 11.8 Å². The molecule has 10 heteroatoms. The number of aryl methyl sites for hydroxylation is 1. The molecule has 1 unspecified atom stereocenters. The second-order valence-electron chi connectivity index (χ2n) is 8.34. The third-order valence-electron chi connectivity index (χ3n) is 6.05. The highest BCUT2D eigenvalue weighted by Crippen LogP contribution is 2.31. The van der Waals surface area contributed by atoms with Gasteiger partial charge in [-0.05, 0) is 31.2 Å². The summed E-state index contributed by atoms with van der Waals surface area (Å²) in [4.78, 5) is 42.0. The van der Waals surface area contributed by atoms with Gasteiger partial charge in [0.15, 0.2) is 17.2 Å². The van der Waals surface area contributed by atoms with Gasteiger partial charge in [0.2, 0.25) is 11.5 Å². The van der Waals surface area contributed by atoms with Crippen molar-refractivity contribution in [3.63, 3.8) is 0 Å². The first kappa shape index (κ1) is 22.9. The summed E-state index contributed by atoms with van der Waals surface area (Å²) < 4.78 is 13.0. The fraction of sp³-hybridized carbons (Fsp3) is 0.280. The van der Waals surface area contributed by atoms with Crippen LogP contribution in [0.2, 0.25) is 5.02 Å². The molecule has 2 amide bonds. The van der Waals surface area contributed by atoms with Crippen molar-refractivity contribution in [2.24, 2.45) is 0 Å². The lowest BCUT2D eigenvalue weighted by molar-refractivity contribution is -0.142. The van der Waals surface area contributed by atoms with Gasteiger partial charge in [0, 0.05) is 37.9 Å². The Labute approximate surface area is 206 Å². The van der Waals surface area contributed by atoms with Gasteiger partial charge in [0.1, 0.15) is 6.61 Å². The summed E-state index contributed by atoms with van der Waals surface area (Å²) in [5.41, 5.74) is 0.496. The molecule has 0 aliphatic carbocycles. The molecule has 1 saturated heterocycles. The van der Waals surface area contributed by atoms with Gasteiger partial charge in [-0.3, -0.25) is 14.4 Å². The third-order valence-corrected chi connectivity index (χ3v) is 6.37. The first-order chi connectivity index (χ1) is 16.9. The minimum atomic E-state index is -0.742. The average Bonchev–Trinajstić information content (AvgIpc) is 2.88. The Hall–Kier alpha value is -3.85. The molecular formula is C25H23ClN4O5. The second-order valence-corrected chi connectivity index (χ2v) is 8.75. The van der Waals surface area contributed by atoms with Gasteiger partial charge >= 0.3 is 0 Å². The number of hydrogen-bond acceptors (Lipinski definition) is 6. The highest BCUT2D eigenvalue weighted by Gasteiger charge is 2.34.